The number of cyclic esters (lactones) is 1. The predicted octanol–water partition coefficient (Wildman–Crippen LogP) is 6.11. The van der Waals surface area contributed by atoms with Crippen LogP contribution in [-0.4, -0.2) is 17.6 Å². The van der Waals surface area contributed by atoms with Crippen LogP contribution in [0.2, 0.25) is 0 Å². The van der Waals surface area contributed by atoms with E-state index >= 15 is 0 Å². The minimum absolute atomic E-state index is 0.254. The first kappa shape index (κ1) is 17.3. The van der Waals surface area contributed by atoms with Crippen molar-refractivity contribution in [3.8, 4) is 10.6 Å². The first-order chi connectivity index (χ1) is 13.6. The molecule has 0 bridgehead atoms. The highest BCUT2D eigenvalue weighted by Crippen LogP contribution is 2.44. The zero-order valence-electron chi connectivity index (χ0n) is 15.5. The zero-order valence-corrected chi connectivity index (χ0v) is 17.1. The molecular formula is C23H17NO2S2. The van der Waals surface area contributed by atoms with Gasteiger partial charge in [0.15, 0.2) is 0 Å². The van der Waals surface area contributed by atoms with Crippen LogP contribution in [0.3, 0.4) is 0 Å². The SMILES string of the molecule is Cc1nc(-c2ccccc2)sc1C1=C(c2c(C)sc3ccccc23)COC1=O. The van der Waals surface area contributed by atoms with E-state index in [1.165, 1.54) is 15.0 Å². The minimum atomic E-state index is -0.254. The molecule has 4 aromatic rings. The Labute approximate surface area is 170 Å². The summed E-state index contributed by atoms with van der Waals surface area (Å²) in [5.41, 5.74) is 4.71. The lowest BCUT2D eigenvalue weighted by molar-refractivity contribution is -0.133. The summed E-state index contributed by atoms with van der Waals surface area (Å²) in [4.78, 5) is 19.6. The Morgan fingerprint density at radius 1 is 0.964 bits per heavy atom. The van der Waals surface area contributed by atoms with E-state index in [1.54, 1.807) is 22.7 Å². The third-order valence-electron chi connectivity index (χ3n) is 4.97. The molecule has 1 aliphatic heterocycles. The Bertz CT molecular complexity index is 1250. The van der Waals surface area contributed by atoms with Gasteiger partial charge in [-0.05, 0) is 19.9 Å². The van der Waals surface area contributed by atoms with Gasteiger partial charge in [0, 0.05) is 31.7 Å². The molecule has 0 unspecified atom stereocenters. The number of thiazole rings is 1. The van der Waals surface area contributed by atoms with Crippen LogP contribution in [0, 0.1) is 13.8 Å². The fraction of sp³-hybridized carbons (Fsp3) is 0.130. The first-order valence-corrected chi connectivity index (χ1v) is 10.7. The van der Waals surface area contributed by atoms with Gasteiger partial charge in [-0.25, -0.2) is 9.78 Å². The lowest BCUT2D eigenvalue weighted by Crippen LogP contribution is -1.98. The second-order valence-corrected chi connectivity index (χ2v) is 9.01. The van der Waals surface area contributed by atoms with Crippen LogP contribution in [0.1, 0.15) is 21.0 Å². The van der Waals surface area contributed by atoms with Gasteiger partial charge in [0.25, 0.3) is 0 Å². The maximum Gasteiger partial charge on any atom is 0.340 e. The first-order valence-electron chi connectivity index (χ1n) is 9.05. The molecule has 1 aliphatic rings. The van der Waals surface area contributed by atoms with E-state index in [0.717, 1.165) is 32.3 Å². The van der Waals surface area contributed by atoms with Gasteiger partial charge in [-0.1, -0.05) is 48.5 Å². The van der Waals surface area contributed by atoms with Gasteiger partial charge in [0.1, 0.15) is 11.6 Å². The molecule has 0 spiro atoms. The molecule has 28 heavy (non-hydrogen) atoms. The highest BCUT2D eigenvalue weighted by atomic mass is 32.1. The van der Waals surface area contributed by atoms with Gasteiger partial charge < -0.3 is 4.74 Å². The maximum absolute atomic E-state index is 12.7. The van der Waals surface area contributed by atoms with E-state index in [0.29, 0.717) is 12.2 Å². The van der Waals surface area contributed by atoms with Crippen LogP contribution < -0.4 is 0 Å². The number of rotatable bonds is 3. The Morgan fingerprint density at radius 3 is 2.54 bits per heavy atom. The van der Waals surface area contributed by atoms with Crippen LogP contribution in [0.25, 0.3) is 31.8 Å². The maximum atomic E-state index is 12.7. The van der Waals surface area contributed by atoms with E-state index in [2.05, 4.69) is 19.1 Å². The summed E-state index contributed by atoms with van der Waals surface area (Å²) in [6.07, 6.45) is 0. The molecule has 0 atom stereocenters. The number of carbonyl (C=O) groups is 1. The number of hydrogen-bond acceptors (Lipinski definition) is 5. The molecule has 2 aromatic carbocycles. The summed E-state index contributed by atoms with van der Waals surface area (Å²) in [6, 6.07) is 18.4. The predicted molar refractivity (Wildman–Crippen MR) is 117 cm³/mol. The monoisotopic (exact) mass is 403 g/mol. The van der Waals surface area contributed by atoms with Gasteiger partial charge in [-0.3, -0.25) is 0 Å². The molecule has 0 aliphatic carbocycles. The van der Waals surface area contributed by atoms with E-state index in [1.807, 2.05) is 49.4 Å². The number of nitrogens with zero attached hydrogens (tertiary/aromatic N) is 1. The fourth-order valence-electron chi connectivity index (χ4n) is 3.71. The summed E-state index contributed by atoms with van der Waals surface area (Å²) in [6.45, 7) is 4.39. The highest BCUT2D eigenvalue weighted by molar-refractivity contribution is 7.19. The largest absolute Gasteiger partial charge is 0.457 e. The topological polar surface area (TPSA) is 39.2 Å². The van der Waals surface area contributed by atoms with Crippen molar-refractivity contribution < 1.29 is 9.53 Å². The fourth-order valence-corrected chi connectivity index (χ4v) is 5.93. The van der Waals surface area contributed by atoms with E-state index in [4.69, 9.17) is 9.72 Å². The van der Waals surface area contributed by atoms with Crippen molar-refractivity contribution in [1.29, 1.82) is 0 Å². The van der Waals surface area contributed by atoms with Crippen LogP contribution in [-0.2, 0) is 9.53 Å². The molecule has 0 fully saturated rings. The molecule has 0 N–H and O–H groups in total. The third kappa shape index (κ3) is 2.70. The van der Waals surface area contributed by atoms with Crippen LogP contribution in [0.4, 0.5) is 0 Å². The van der Waals surface area contributed by atoms with E-state index < -0.39 is 0 Å². The lowest BCUT2D eigenvalue weighted by Gasteiger charge is -2.04. The molecule has 0 radical (unpaired) electrons. The van der Waals surface area contributed by atoms with Crippen molar-refractivity contribution in [2.75, 3.05) is 6.61 Å². The van der Waals surface area contributed by atoms with Crippen LogP contribution >= 0.6 is 22.7 Å². The number of fused-ring (bicyclic) bond motifs is 1. The highest BCUT2D eigenvalue weighted by Gasteiger charge is 2.32. The summed E-state index contributed by atoms with van der Waals surface area (Å²) in [5, 5.41) is 2.10. The number of aryl methyl sites for hydroxylation is 2. The quantitative estimate of drug-likeness (QED) is 0.388. The van der Waals surface area contributed by atoms with Crippen molar-refractivity contribution in [1.82, 2.24) is 4.98 Å². The second-order valence-electron chi connectivity index (χ2n) is 6.76. The minimum Gasteiger partial charge on any atom is -0.457 e. The normalized spacial score (nSPS) is 14.1. The number of hydrogen-bond donors (Lipinski definition) is 0. The lowest BCUT2D eigenvalue weighted by atomic mass is 9.98. The number of thiophene rings is 1. The van der Waals surface area contributed by atoms with Gasteiger partial charge in [0.05, 0.1) is 16.1 Å². The standard InChI is InChI=1S/C23H17NO2S2/c1-13-21(28-22(24-13)15-8-4-3-5-9-15)20-17(12-26-23(20)25)19-14(2)27-18-11-7-6-10-16(18)19/h3-11H,12H2,1-2H3. The number of aromatic nitrogens is 1. The Hall–Kier alpha value is -2.76. The number of carbonyl (C=O) groups excluding carboxylic acids is 1. The van der Waals surface area contributed by atoms with Gasteiger partial charge in [-0.2, -0.15) is 0 Å². The molecule has 2 aromatic heterocycles. The number of benzene rings is 2. The molecule has 0 amide bonds. The molecule has 0 saturated carbocycles. The van der Waals surface area contributed by atoms with Crippen LogP contribution in [0.5, 0.6) is 0 Å². The molecule has 3 nitrogen and oxygen atoms in total. The number of ether oxygens (including phenoxy) is 1. The summed E-state index contributed by atoms with van der Waals surface area (Å²) < 4.78 is 6.73. The third-order valence-corrected chi connectivity index (χ3v) is 7.28. The molecule has 5 heteroatoms. The summed E-state index contributed by atoms with van der Waals surface area (Å²) in [5.74, 6) is -0.254. The smallest absolute Gasteiger partial charge is 0.340 e. The van der Waals surface area contributed by atoms with Crippen molar-refractivity contribution in [2.45, 2.75) is 13.8 Å². The molecule has 0 saturated heterocycles. The Kier molecular flexibility index (Phi) is 4.14. The van der Waals surface area contributed by atoms with Crippen molar-refractivity contribution in [3.63, 3.8) is 0 Å². The summed E-state index contributed by atoms with van der Waals surface area (Å²) in [7, 11) is 0. The van der Waals surface area contributed by atoms with Crippen LogP contribution in [0.15, 0.2) is 54.6 Å². The van der Waals surface area contributed by atoms with Crippen molar-refractivity contribution >= 4 is 49.9 Å². The summed E-state index contributed by atoms with van der Waals surface area (Å²) >= 11 is 3.32. The molecule has 138 valence electrons. The average molecular weight is 404 g/mol. The Balaban J connectivity index is 1.72. The van der Waals surface area contributed by atoms with Gasteiger partial charge in [0.2, 0.25) is 0 Å². The average Bonchev–Trinajstić information content (AvgIpc) is 3.36. The zero-order chi connectivity index (χ0) is 19.3. The molecule has 3 heterocycles. The molecule has 5 rings (SSSR count). The van der Waals surface area contributed by atoms with Gasteiger partial charge >= 0.3 is 5.97 Å². The number of esters is 1. The van der Waals surface area contributed by atoms with E-state index in [9.17, 15) is 4.79 Å². The Morgan fingerprint density at radius 2 is 1.71 bits per heavy atom. The van der Waals surface area contributed by atoms with Crippen molar-refractivity contribution in [3.05, 3.63) is 75.6 Å². The van der Waals surface area contributed by atoms with Crippen molar-refractivity contribution in [2.24, 2.45) is 0 Å². The second kappa shape index (κ2) is 6.69. The van der Waals surface area contributed by atoms with Gasteiger partial charge in [-0.15, -0.1) is 22.7 Å². The molecular weight excluding hydrogens is 386 g/mol. The van der Waals surface area contributed by atoms with E-state index in [-0.39, 0.29) is 5.97 Å².